The molecule has 0 atom stereocenters. The van der Waals surface area contributed by atoms with E-state index >= 15 is 0 Å². The van der Waals surface area contributed by atoms with Gasteiger partial charge in [0.25, 0.3) is 0 Å². The van der Waals surface area contributed by atoms with E-state index in [9.17, 15) is 9.65 Å². The molecule has 0 aliphatic heterocycles. The summed E-state index contributed by atoms with van der Waals surface area (Å²) in [6.45, 7) is 0. The number of fused-ring (bicyclic) bond motifs is 1. The number of nitrogens with zero attached hydrogens (tertiary/aromatic N) is 2. The molecule has 0 aliphatic carbocycles. The molecule has 0 saturated carbocycles. The lowest BCUT2D eigenvalue weighted by atomic mass is 10.1. The van der Waals surface area contributed by atoms with Crippen LogP contribution in [0.3, 0.4) is 0 Å². The molecule has 3 rings (SSSR count). The second kappa shape index (κ2) is 4.98. The highest BCUT2D eigenvalue weighted by Gasteiger charge is 2.10. The van der Waals surface area contributed by atoms with E-state index in [1.807, 2.05) is 18.2 Å². The van der Waals surface area contributed by atoms with Gasteiger partial charge in [-0.05, 0) is 35.9 Å². The molecule has 0 fully saturated rings. The summed E-state index contributed by atoms with van der Waals surface area (Å²) in [6.07, 6.45) is 1.55. The average Bonchev–Trinajstić information content (AvgIpc) is 2.88. The zero-order chi connectivity index (χ0) is 13.9. The van der Waals surface area contributed by atoms with Crippen LogP contribution in [-0.2, 0) is 0 Å². The summed E-state index contributed by atoms with van der Waals surface area (Å²) in [5.74, 6) is -0.119. The van der Waals surface area contributed by atoms with E-state index in [1.165, 1.54) is 12.1 Å². The predicted molar refractivity (Wildman–Crippen MR) is 73.9 cm³/mol. The van der Waals surface area contributed by atoms with Crippen molar-refractivity contribution in [3.63, 3.8) is 0 Å². The Morgan fingerprint density at radius 1 is 1.20 bits per heavy atom. The van der Waals surface area contributed by atoms with Gasteiger partial charge in [-0.2, -0.15) is 5.26 Å². The molecule has 4 heteroatoms. The third-order valence-corrected chi connectivity index (χ3v) is 2.80. The minimum atomic E-state index is -0.353. The van der Waals surface area contributed by atoms with Crippen LogP contribution in [0.5, 0.6) is 0 Å². The second-order valence-electron chi connectivity index (χ2n) is 4.21. The average molecular weight is 264 g/mol. The molecule has 0 radical (unpaired) electrons. The first kappa shape index (κ1) is 12.1. The van der Waals surface area contributed by atoms with Crippen LogP contribution in [0.2, 0.25) is 0 Å². The lowest BCUT2D eigenvalue weighted by Crippen LogP contribution is -1.82. The van der Waals surface area contributed by atoms with E-state index in [2.05, 4.69) is 4.98 Å². The zero-order valence-corrected chi connectivity index (χ0v) is 10.4. The molecule has 20 heavy (non-hydrogen) atoms. The van der Waals surface area contributed by atoms with E-state index in [0.717, 1.165) is 0 Å². The number of hydrogen-bond acceptors (Lipinski definition) is 3. The quantitative estimate of drug-likeness (QED) is 0.656. The summed E-state index contributed by atoms with van der Waals surface area (Å²) in [4.78, 5) is 4.25. The van der Waals surface area contributed by atoms with Crippen molar-refractivity contribution in [2.75, 3.05) is 0 Å². The summed E-state index contributed by atoms with van der Waals surface area (Å²) in [5.41, 5.74) is 2.14. The Labute approximate surface area is 114 Å². The normalized spacial score (nSPS) is 11.5. The molecule has 96 valence electrons. The number of nitriles is 1. The van der Waals surface area contributed by atoms with Gasteiger partial charge in [0.2, 0.25) is 5.89 Å². The molecule has 0 amide bonds. The summed E-state index contributed by atoms with van der Waals surface area (Å²) >= 11 is 0. The van der Waals surface area contributed by atoms with E-state index in [-0.39, 0.29) is 17.3 Å². The molecule has 0 N–H and O–H groups in total. The summed E-state index contributed by atoms with van der Waals surface area (Å²) in [6, 6.07) is 15.3. The minimum absolute atomic E-state index is 0.234. The molecule has 1 heterocycles. The van der Waals surface area contributed by atoms with Gasteiger partial charge in [-0.3, -0.25) is 0 Å². The Morgan fingerprint density at radius 3 is 2.80 bits per heavy atom. The van der Waals surface area contributed by atoms with Crippen LogP contribution in [0.4, 0.5) is 4.39 Å². The number of aromatic nitrogens is 1. The molecular weight excluding hydrogens is 255 g/mol. The Balaban J connectivity index is 2.07. The van der Waals surface area contributed by atoms with Crippen molar-refractivity contribution in [2.24, 2.45) is 0 Å². The van der Waals surface area contributed by atoms with Crippen molar-refractivity contribution in [2.45, 2.75) is 0 Å². The number of allylic oxidation sites excluding steroid dienone is 1. The SMILES string of the molecule is N#C/C(=C\c1cccc(F)c1)c1nc2ccccc2o1. The topological polar surface area (TPSA) is 49.8 Å². The number of oxazole rings is 1. The van der Waals surface area contributed by atoms with Gasteiger partial charge in [-0.15, -0.1) is 0 Å². The van der Waals surface area contributed by atoms with Gasteiger partial charge in [0.1, 0.15) is 23.0 Å². The van der Waals surface area contributed by atoms with Crippen LogP contribution < -0.4 is 0 Å². The summed E-state index contributed by atoms with van der Waals surface area (Å²) in [5, 5.41) is 9.22. The maximum absolute atomic E-state index is 13.1. The van der Waals surface area contributed by atoms with Gasteiger partial charge in [-0.1, -0.05) is 24.3 Å². The van der Waals surface area contributed by atoms with Gasteiger partial charge in [0, 0.05) is 0 Å². The molecule has 0 spiro atoms. The third-order valence-electron chi connectivity index (χ3n) is 2.80. The molecule has 2 aromatic carbocycles. The van der Waals surface area contributed by atoms with Gasteiger partial charge < -0.3 is 4.42 Å². The number of para-hydroxylation sites is 2. The first-order valence-corrected chi connectivity index (χ1v) is 5.99. The second-order valence-corrected chi connectivity index (χ2v) is 4.21. The Morgan fingerprint density at radius 2 is 2.05 bits per heavy atom. The minimum Gasteiger partial charge on any atom is -0.435 e. The highest BCUT2D eigenvalue weighted by atomic mass is 19.1. The Kier molecular flexibility index (Phi) is 3.02. The van der Waals surface area contributed by atoms with Crippen LogP contribution in [0, 0.1) is 17.1 Å². The fourth-order valence-electron chi connectivity index (χ4n) is 1.89. The van der Waals surface area contributed by atoms with Crippen LogP contribution in [0.25, 0.3) is 22.7 Å². The Bertz CT molecular complexity index is 810. The molecule has 3 nitrogen and oxygen atoms in total. The van der Waals surface area contributed by atoms with Gasteiger partial charge >= 0.3 is 0 Å². The molecule has 1 aromatic heterocycles. The lowest BCUT2D eigenvalue weighted by Gasteiger charge is -1.95. The fraction of sp³-hybridized carbons (Fsp3) is 0. The maximum Gasteiger partial charge on any atom is 0.238 e. The number of rotatable bonds is 2. The largest absolute Gasteiger partial charge is 0.435 e. The molecule has 3 aromatic rings. The van der Waals surface area contributed by atoms with E-state index in [1.54, 1.807) is 30.3 Å². The van der Waals surface area contributed by atoms with Crippen molar-refractivity contribution < 1.29 is 8.81 Å². The number of hydrogen-bond donors (Lipinski definition) is 0. The highest BCUT2D eigenvalue weighted by Crippen LogP contribution is 2.22. The monoisotopic (exact) mass is 264 g/mol. The smallest absolute Gasteiger partial charge is 0.238 e. The van der Waals surface area contributed by atoms with Crippen molar-refractivity contribution in [1.82, 2.24) is 4.98 Å². The summed E-state index contributed by atoms with van der Waals surface area (Å²) < 4.78 is 18.7. The van der Waals surface area contributed by atoms with Crippen molar-refractivity contribution >= 4 is 22.7 Å². The van der Waals surface area contributed by atoms with E-state index < -0.39 is 0 Å². The number of benzene rings is 2. The van der Waals surface area contributed by atoms with Gasteiger partial charge in [-0.25, -0.2) is 9.37 Å². The molecule has 0 unspecified atom stereocenters. The van der Waals surface area contributed by atoms with Crippen molar-refractivity contribution in [1.29, 1.82) is 5.26 Å². The van der Waals surface area contributed by atoms with Crippen molar-refractivity contribution in [3.8, 4) is 6.07 Å². The van der Waals surface area contributed by atoms with Crippen LogP contribution in [0.1, 0.15) is 11.5 Å². The fourth-order valence-corrected chi connectivity index (χ4v) is 1.89. The van der Waals surface area contributed by atoms with Crippen LogP contribution in [-0.4, -0.2) is 4.98 Å². The zero-order valence-electron chi connectivity index (χ0n) is 10.4. The van der Waals surface area contributed by atoms with Gasteiger partial charge in [0.15, 0.2) is 5.58 Å². The van der Waals surface area contributed by atoms with E-state index in [0.29, 0.717) is 16.7 Å². The maximum atomic E-state index is 13.1. The first-order chi connectivity index (χ1) is 9.76. The first-order valence-electron chi connectivity index (χ1n) is 5.99. The molecule has 0 bridgehead atoms. The molecule has 0 aliphatic rings. The van der Waals surface area contributed by atoms with Crippen molar-refractivity contribution in [3.05, 3.63) is 65.8 Å². The standard InChI is InChI=1S/C16H9FN2O/c17-13-5-3-4-11(9-13)8-12(10-18)16-19-14-6-1-2-7-15(14)20-16/h1-9H/b12-8+. The van der Waals surface area contributed by atoms with Gasteiger partial charge in [0.05, 0.1) is 0 Å². The van der Waals surface area contributed by atoms with Crippen LogP contribution >= 0.6 is 0 Å². The molecule has 0 saturated heterocycles. The third kappa shape index (κ3) is 2.29. The number of halogens is 1. The molecular formula is C16H9FN2O. The Hall–Kier alpha value is -2.93. The summed E-state index contributed by atoms with van der Waals surface area (Å²) in [7, 11) is 0. The van der Waals surface area contributed by atoms with E-state index in [4.69, 9.17) is 4.42 Å². The van der Waals surface area contributed by atoms with Crippen LogP contribution in [0.15, 0.2) is 52.9 Å². The lowest BCUT2D eigenvalue weighted by molar-refractivity contribution is 0.586. The highest BCUT2D eigenvalue weighted by molar-refractivity contribution is 5.88. The predicted octanol–water partition coefficient (Wildman–Crippen LogP) is 4.03.